The van der Waals surface area contributed by atoms with Crippen molar-refractivity contribution in [2.75, 3.05) is 13.1 Å². The molecule has 3 N–H and O–H groups in total. The summed E-state index contributed by atoms with van der Waals surface area (Å²) in [6, 6.07) is 0. The van der Waals surface area contributed by atoms with Crippen LogP contribution in [-0.4, -0.2) is 34.9 Å². The minimum absolute atomic E-state index is 0.0148. The normalized spacial score (nSPS) is 16.1. The van der Waals surface area contributed by atoms with E-state index >= 15 is 0 Å². The van der Waals surface area contributed by atoms with Gasteiger partial charge in [-0.1, -0.05) is 40.0 Å². The van der Waals surface area contributed by atoms with E-state index in [1.54, 1.807) is 0 Å². The van der Waals surface area contributed by atoms with Crippen LogP contribution >= 0.6 is 0 Å². The molecule has 1 aliphatic carbocycles. The number of hydrogen-bond acceptors (Lipinski definition) is 3. The van der Waals surface area contributed by atoms with Crippen molar-refractivity contribution in [2.24, 2.45) is 11.3 Å². The first-order valence-corrected chi connectivity index (χ1v) is 8.46. The number of H-pyrrole nitrogens is 1. The lowest BCUT2D eigenvalue weighted by atomic mass is 9.89. The lowest BCUT2D eigenvalue weighted by Crippen LogP contribution is -2.35. The molecule has 128 valence electrons. The van der Waals surface area contributed by atoms with E-state index in [0.717, 1.165) is 0 Å². The van der Waals surface area contributed by atoms with Crippen LogP contribution in [0.3, 0.4) is 0 Å². The van der Waals surface area contributed by atoms with E-state index in [4.69, 9.17) is 0 Å². The smallest absolute Gasteiger partial charge is 0.272 e. The van der Waals surface area contributed by atoms with Crippen molar-refractivity contribution in [3.63, 3.8) is 0 Å². The molecule has 1 aromatic heterocycles. The third kappa shape index (κ3) is 5.37. The lowest BCUT2D eigenvalue weighted by molar-refractivity contribution is 0.0902. The van der Waals surface area contributed by atoms with Crippen molar-refractivity contribution in [3.8, 4) is 0 Å². The zero-order valence-corrected chi connectivity index (χ0v) is 14.4. The van der Waals surface area contributed by atoms with Crippen molar-refractivity contribution >= 4 is 11.8 Å². The van der Waals surface area contributed by atoms with Gasteiger partial charge in [-0.15, -0.1) is 0 Å². The SMILES string of the molecule is CC(C)(C)CNC(=O)c1[nH]cnc1C(=O)NCC1CCCCC1. The summed E-state index contributed by atoms with van der Waals surface area (Å²) in [6.07, 6.45) is 7.50. The molecule has 0 aromatic carbocycles. The van der Waals surface area contributed by atoms with Crippen LogP contribution in [0.1, 0.15) is 73.9 Å². The molecule has 2 rings (SSSR count). The maximum atomic E-state index is 12.3. The molecule has 23 heavy (non-hydrogen) atoms. The molecular weight excluding hydrogens is 292 g/mol. The molecule has 0 atom stereocenters. The molecule has 0 spiro atoms. The third-order valence-corrected chi connectivity index (χ3v) is 4.14. The highest BCUT2D eigenvalue weighted by atomic mass is 16.2. The summed E-state index contributed by atoms with van der Waals surface area (Å²) < 4.78 is 0. The largest absolute Gasteiger partial charge is 0.350 e. The zero-order chi connectivity index (χ0) is 16.9. The molecule has 0 aliphatic heterocycles. The van der Waals surface area contributed by atoms with Gasteiger partial charge >= 0.3 is 0 Å². The minimum Gasteiger partial charge on any atom is -0.350 e. The Kier molecular flexibility index (Phi) is 5.80. The van der Waals surface area contributed by atoms with Gasteiger partial charge in [0.25, 0.3) is 11.8 Å². The number of imidazole rings is 1. The Bertz CT molecular complexity index is 539. The first kappa shape index (κ1) is 17.5. The predicted molar refractivity (Wildman–Crippen MR) is 89.3 cm³/mol. The summed E-state index contributed by atoms with van der Waals surface area (Å²) >= 11 is 0. The topological polar surface area (TPSA) is 86.9 Å². The molecule has 1 fully saturated rings. The summed E-state index contributed by atoms with van der Waals surface area (Å²) in [5.74, 6) is -0.0252. The Morgan fingerprint density at radius 2 is 1.87 bits per heavy atom. The third-order valence-electron chi connectivity index (χ3n) is 4.14. The highest BCUT2D eigenvalue weighted by molar-refractivity contribution is 6.04. The summed E-state index contributed by atoms with van der Waals surface area (Å²) in [5, 5.41) is 5.76. The predicted octanol–water partition coefficient (Wildman–Crippen LogP) is 2.50. The van der Waals surface area contributed by atoms with Crippen molar-refractivity contribution in [3.05, 3.63) is 17.7 Å². The van der Waals surface area contributed by atoms with Gasteiger partial charge in [0.05, 0.1) is 6.33 Å². The van der Waals surface area contributed by atoms with E-state index in [1.807, 2.05) is 20.8 Å². The average molecular weight is 320 g/mol. The quantitative estimate of drug-likeness (QED) is 0.779. The lowest BCUT2D eigenvalue weighted by Gasteiger charge is -2.21. The molecule has 0 unspecified atom stereocenters. The van der Waals surface area contributed by atoms with Gasteiger partial charge < -0.3 is 15.6 Å². The van der Waals surface area contributed by atoms with Gasteiger partial charge in [0, 0.05) is 13.1 Å². The van der Waals surface area contributed by atoms with Crippen LogP contribution < -0.4 is 10.6 Å². The van der Waals surface area contributed by atoms with E-state index < -0.39 is 0 Å². The molecule has 6 nitrogen and oxygen atoms in total. The molecular formula is C17H28N4O2. The van der Waals surface area contributed by atoms with Crippen molar-refractivity contribution in [2.45, 2.75) is 52.9 Å². The van der Waals surface area contributed by atoms with Gasteiger partial charge in [-0.2, -0.15) is 0 Å². The number of aromatic amines is 1. The Labute approximate surface area is 137 Å². The van der Waals surface area contributed by atoms with E-state index in [9.17, 15) is 9.59 Å². The van der Waals surface area contributed by atoms with Crippen molar-refractivity contribution < 1.29 is 9.59 Å². The fraction of sp³-hybridized carbons (Fsp3) is 0.706. The highest BCUT2D eigenvalue weighted by Crippen LogP contribution is 2.22. The minimum atomic E-state index is -0.291. The van der Waals surface area contributed by atoms with Gasteiger partial charge in [-0.25, -0.2) is 4.98 Å². The van der Waals surface area contributed by atoms with Gasteiger partial charge in [0.2, 0.25) is 0 Å². The average Bonchev–Trinajstić information content (AvgIpc) is 3.00. The Hall–Kier alpha value is -1.85. The molecule has 1 aromatic rings. The maximum absolute atomic E-state index is 12.3. The number of hydrogen-bond donors (Lipinski definition) is 3. The number of amides is 2. The number of aromatic nitrogens is 2. The molecule has 0 saturated heterocycles. The summed E-state index contributed by atoms with van der Waals surface area (Å²) in [6.45, 7) is 7.32. The standard InChI is InChI=1S/C17H28N4O2/c1-17(2,3)10-19-16(23)14-13(20-11-21-14)15(22)18-9-12-7-5-4-6-8-12/h11-12H,4-10H2,1-3H3,(H,18,22)(H,19,23)(H,20,21). The van der Waals surface area contributed by atoms with Crippen molar-refractivity contribution in [1.82, 2.24) is 20.6 Å². The Morgan fingerprint density at radius 3 is 2.52 bits per heavy atom. The Morgan fingerprint density at radius 1 is 1.17 bits per heavy atom. The zero-order valence-electron chi connectivity index (χ0n) is 14.4. The number of nitrogens with one attached hydrogen (secondary N) is 3. The Balaban J connectivity index is 1.91. The number of carbonyl (C=O) groups is 2. The van der Waals surface area contributed by atoms with Gasteiger partial charge in [-0.3, -0.25) is 9.59 Å². The van der Waals surface area contributed by atoms with E-state index in [2.05, 4.69) is 20.6 Å². The molecule has 1 heterocycles. The molecule has 0 bridgehead atoms. The van der Waals surface area contributed by atoms with Crippen LogP contribution in [0.5, 0.6) is 0 Å². The summed E-state index contributed by atoms with van der Waals surface area (Å²) in [5.41, 5.74) is 0.390. The summed E-state index contributed by atoms with van der Waals surface area (Å²) in [7, 11) is 0. The number of nitrogens with zero attached hydrogens (tertiary/aromatic N) is 1. The van der Waals surface area contributed by atoms with Crippen LogP contribution in [0.2, 0.25) is 0 Å². The van der Waals surface area contributed by atoms with Crippen LogP contribution in [-0.2, 0) is 0 Å². The fourth-order valence-electron chi connectivity index (χ4n) is 2.79. The first-order chi connectivity index (χ1) is 10.9. The molecule has 1 aliphatic rings. The highest BCUT2D eigenvalue weighted by Gasteiger charge is 2.22. The van der Waals surface area contributed by atoms with Crippen LogP contribution in [0, 0.1) is 11.3 Å². The second kappa shape index (κ2) is 7.62. The number of rotatable bonds is 5. The van der Waals surface area contributed by atoms with Gasteiger partial charge in [0.15, 0.2) is 5.69 Å². The van der Waals surface area contributed by atoms with Gasteiger partial charge in [0.1, 0.15) is 5.69 Å². The van der Waals surface area contributed by atoms with Crippen LogP contribution in [0.25, 0.3) is 0 Å². The van der Waals surface area contributed by atoms with Gasteiger partial charge in [-0.05, 0) is 24.2 Å². The van der Waals surface area contributed by atoms with E-state index in [-0.39, 0.29) is 28.6 Å². The second-order valence-corrected chi connectivity index (χ2v) is 7.58. The monoisotopic (exact) mass is 320 g/mol. The van der Waals surface area contributed by atoms with E-state index in [0.29, 0.717) is 19.0 Å². The van der Waals surface area contributed by atoms with Crippen molar-refractivity contribution in [1.29, 1.82) is 0 Å². The molecule has 0 radical (unpaired) electrons. The maximum Gasteiger partial charge on any atom is 0.272 e. The fourth-order valence-corrected chi connectivity index (χ4v) is 2.79. The second-order valence-electron chi connectivity index (χ2n) is 7.58. The van der Waals surface area contributed by atoms with Crippen LogP contribution in [0.4, 0.5) is 0 Å². The molecule has 2 amide bonds. The molecule has 6 heteroatoms. The first-order valence-electron chi connectivity index (χ1n) is 8.46. The molecule has 1 saturated carbocycles. The number of carbonyl (C=O) groups excluding carboxylic acids is 2. The summed E-state index contributed by atoms with van der Waals surface area (Å²) in [4.78, 5) is 31.3. The van der Waals surface area contributed by atoms with Crippen LogP contribution in [0.15, 0.2) is 6.33 Å². The van der Waals surface area contributed by atoms with E-state index in [1.165, 1.54) is 38.4 Å².